The summed E-state index contributed by atoms with van der Waals surface area (Å²) in [6, 6.07) is 26.8. The first-order chi connectivity index (χ1) is 21.6. The van der Waals surface area contributed by atoms with Crippen LogP contribution in [0.2, 0.25) is 0 Å². The molecule has 0 saturated carbocycles. The van der Waals surface area contributed by atoms with Gasteiger partial charge in [0.1, 0.15) is 24.0 Å². The minimum Gasteiger partial charge on any atom is -0.454 e. The SMILES string of the molecule is [2H]C1([2H])c2ccc(-c3c(F)c(C(C)(C)c4ccccc4)cc4c3oc3c(-c5cccc[n+]5C)c(C)ccc34)cc2C([2H])([2H])C1(C)C. The molecule has 6 aromatic rings. The number of nitrogens with zero attached hydrogens (tertiary/aromatic N) is 1. The number of pyridine rings is 1. The molecule has 0 saturated heterocycles. The zero-order valence-corrected chi connectivity index (χ0v) is 24.9. The number of fused-ring (bicyclic) bond motifs is 4. The Labute approximate surface area is 253 Å². The van der Waals surface area contributed by atoms with Gasteiger partial charge in [-0.15, -0.1) is 0 Å². The van der Waals surface area contributed by atoms with Gasteiger partial charge in [0.25, 0.3) is 0 Å². The molecule has 2 heterocycles. The van der Waals surface area contributed by atoms with E-state index in [0.717, 1.165) is 33.2 Å². The lowest BCUT2D eigenvalue weighted by molar-refractivity contribution is -0.660. The van der Waals surface area contributed by atoms with E-state index in [2.05, 4.69) is 6.07 Å². The van der Waals surface area contributed by atoms with Crippen molar-refractivity contribution in [1.82, 2.24) is 0 Å². The molecule has 0 bridgehead atoms. The molecule has 0 atom stereocenters. The van der Waals surface area contributed by atoms with E-state index in [-0.39, 0.29) is 11.1 Å². The summed E-state index contributed by atoms with van der Waals surface area (Å²) in [5.74, 6) is -0.440. The number of hydrogen-bond donors (Lipinski definition) is 0. The van der Waals surface area contributed by atoms with Crippen LogP contribution in [0.25, 0.3) is 44.3 Å². The van der Waals surface area contributed by atoms with Gasteiger partial charge in [0.05, 0.1) is 11.1 Å². The van der Waals surface area contributed by atoms with Gasteiger partial charge in [-0.3, -0.25) is 0 Å². The third-order valence-electron chi connectivity index (χ3n) is 8.76. The Morgan fingerprint density at radius 3 is 2.31 bits per heavy atom. The predicted molar refractivity (Wildman–Crippen MR) is 170 cm³/mol. The fraction of sp³-hybridized carbons (Fsp3) is 0.256. The number of halogens is 1. The Hall–Kier alpha value is -4.24. The highest BCUT2D eigenvalue weighted by Gasteiger charge is 2.33. The van der Waals surface area contributed by atoms with E-state index in [9.17, 15) is 0 Å². The zero-order valence-electron chi connectivity index (χ0n) is 28.9. The first-order valence-electron chi connectivity index (χ1n) is 16.5. The molecule has 7 rings (SSSR count). The number of rotatable bonds is 4. The van der Waals surface area contributed by atoms with E-state index < -0.39 is 29.4 Å². The lowest BCUT2D eigenvalue weighted by Crippen LogP contribution is -2.30. The Morgan fingerprint density at radius 2 is 1.55 bits per heavy atom. The molecule has 0 unspecified atom stereocenters. The van der Waals surface area contributed by atoms with Crippen LogP contribution in [0.5, 0.6) is 0 Å². The van der Waals surface area contributed by atoms with Crippen molar-refractivity contribution in [1.29, 1.82) is 0 Å². The second kappa shape index (κ2) is 9.39. The van der Waals surface area contributed by atoms with Crippen LogP contribution in [0.4, 0.5) is 4.39 Å². The van der Waals surface area contributed by atoms with Crippen molar-refractivity contribution < 1.29 is 18.9 Å². The van der Waals surface area contributed by atoms with E-state index in [1.54, 1.807) is 32.0 Å². The molecule has 2 aromatic heterocycles. The molecular formula is C39H37FNO+. The maximum absolute atomic E-state index is 17.4. The molecule has 4 aromatic carbocycles. The number of aryl methyl sites for hydroxylation is 2. The summed E-state index contributed by atoms with van der Waals surface area (Å²) in [6.45, 7) is 9.29. The Kier molecular flexibility index (Phi) is 5.00. The highest BCUT2D eigenvalue weighted by atomic mass is 19.1. The molecule has 3 heteroatoms. The molecular weight excluding hydrogens is 517 g/mol. The van der Waals surface area contributed by atoms with Gasteiger partial charge in [0.2, 0.25) is 5.69 Å². The highest BCUT2D eigenvalue weighted by Crippen LogP contribution is 2.47. The van der Waals surface area contributed by atoms with Crippen LogP contribution < -0.4 is 4.57 Å². The molecule has 1 aliphatic rings. The average molecular weight is 559 g/mol. The summed E-state index contributed by atoms with van der Waals surface area (Å²) in [7, 11) is 1.99. The van der Waals surface area contributed by atoms with Crippen molar-refractivity contribution in [3.8, 4) is 22.4 Å². The molecule has 0 aliphatic heterocycles. The lowest BCUT2D eigenvalue weighted by atomic mass is 9.76. The first kappa shape index (κ1) is 22.4. The molecule has 0 spiro atoms. The summed E-state index contributed by atoms with van der Waals surface area (Å²) in [5.41, 5.74) is 4.58. The second-order valence-corrected chi connectivity index (χ2v) is 12.5. The molecule has 0 N–H and O–H groups in total. The Balaban J connectivity index is 1.61. The molecule has 0 fully saturated rings. The van der Waals surface area contributed by atoms with Gasteiger partial charge in [-0.2, -0.15) is 0 Å². The largest absolute Gasteiger partial charge is 0.454 e. The van der Waals surface area contributed by atoms with E-state index >= 15 is 4.39 Å². The van der Waals surface area contributed by atoms with Crippen LogP contribution in [0.3, 0.4) is 0 Å². The van der Waals surface area contributed by atoms with Crippen molar-refractivity contribution in [3.05, 3.63) is 125 Å². The third-order valence-corrected chi connectivity index (χ3v) is 8.76. The molecule has 2 nitrogen and oxygen atoms in total. The first-order valence-corrected chi connectivity index (χ1v) is 14.5. The predicted octanol–water partition coefficient (Wildman–Crippen LogP) is 9.64. The number of aromatic nitrogens is 1. The number of benzene rings is 4. The van der Waals surface area contributed by atoms with E-state index in [1.165, 1.54) is 0 Å². The molecule has 0 radical (unpaired) electrons. The van der Waals surface area contributed by atoms with Crippen molar-refractivity contribution in [2.24, 2.45) is 12.5 Å². The molecule has 42 heavy (non-hydrogen) atoms. The van der Waals surface area contributed by atoms with Gasteiger partial charge in [-0.1, -0.05) is 88.4 Å². The third kappa shape index (κ3) is 4.09. The van der Waals surface area contributed by atoms with Gasteiger partial charge in [0, 0.05) is 33.8 Å². The quantitative estimate of drug-likeness (QED) is 0.197. The molecule has 0 amide bonds. The fourth-order valence-corrected chi connectivity index (χ4v) is 6.49. The van der Waals surface area contributed by atoms with Crippen molar-refractivity contribution >= 4 is 21.9 Å². The topological polar surface area (TPSA) is 17.0 Å². The second-order valence-electron chi connectivity index (χ2n) is 12.5. The number of hydrogen-bond acceptors (Lipinski definition) is 1. The van der Waals surface area contributed by atoms with Crippen molar-refractivity contribution in [3.63, 3.8) is 0 Å². The summed E-state index contributed by atoms with van der Waals surface area (Å²) in [4.78, 5) is 0. The zero-order chi connectivity index (χ0) is 33.0. The van der Waals surface area contributed by atoms with Gasteiger partial charge in [-0.25, -0.2) is 8.96 Å². The van der Waals surface area contributed by atoms with Gasteiger partial charge in [-0.05, 0) is 70.6 Å². The lowest BCUT2D eigenvalue weighted by Gasteiger charge is -2.27. The Bertz CT molecular complexity index is 2200. The summed E-state index contributed by atoms with van der Waals surface area (Å²) < 4.78 is 61.9. The smallest absolute Gasteiger partial charge is 0.216 e. The summed E-state index contributed by atoms with van der Waals surface area (Å²) >= 11 is 0. The Morgan fingerprint density at radius 1 is 0.833 bits per heavy atom. The molecule has 1 aliphatic carbocycles. The normalized spacial score (nSPS) is 18.4. The monoisotopic (exact) mass is 558 g/mol. The van der Waals surface area contributed by atoms with E-state index in [4.69, 9.17) is 9.90 Å². The van der Waals surface area contributed by atoms with Gasteiger partial charge < -0.3 is 4.42 Å². The van der Waals surface area contributed by atoms with E-state index in [1.807, 2.05) is 99.2 Å². The maximum atomic E-state index is 17.4. The fourth-order valence-electron chi connectivity index (χ4n) is 6.49. The van der Waals surface area contributed by atoms with Crippen LogP contribution >= 0.6 is 0 Å². The van der Waals surface area contributed by atoms with Crippen LogP contribution in [0.15, 0.2) is 95.5 Å². The highest BCUT2D eigenvalue weighted by molar-refractivity contribution is 6.13. The minimum atomic E-state index is -1.99. The van der Waals surface area contributed by atoms with Crippen LogP contribution in [-0.2, 0) is 25.2 Å². The van der Waals surface area contributed by atoms with Gasteiger partial charge in [0.15, 0.2) is 6.20 Å². The standard InChI is InChI=1S/C39H37FNO/c1-24-15-18-29-30-21-31(39(4,5)28-12-8-7-9-13-28)35(40)34(25-16-17-26-22-38(2,3)23-27(26)20-25)37(30)42-36(29)33(24)32-14-10-11-19-41(32)6/h7-21H,22-23H2,1-6H3/q+1/i22D2,23D2. The maximum Gasteiger partial charge on any atom is 0.216 e. The van der Waals surface area contributed by atoms with Crippen LogP contribution in [0, 0.1) is 18.2 Å². The van der Waals surface area contributed by atoms with E-state index in [0.29, 0.717) is 27.9 Å². The summed E-state index contributed by atoms with van der Waals surface area (Å²) in [6.07, 6.45) is -1.91. The average Bonchev–Trinajstić information content (AvgIpc) is 3.43. The minimum absolute atomic E-state index is 0.240. The molecule has 210 valence electrons. The van der Waals surface area contributed by atoms with Crippen LogP contribution in [0.1, 0.15) is 61.0 Å². The van der Waals surface area contributed by atoms with Crippen molar-refractivity contribution in [2.45, 2.75) is 52.8 Å². The summed E-state index contributed by atoms with van der Waals surface area (Å²) in [5, 5.41) is 1.63. The van der Waals surface area contributed by atoms with Crippen LogP contribution in [-0.4, -0.2) is 0 Å². The number of furan rings is 1. The van der Waals surface area contributed by atoms with Gasteiger partial charge >= 0.3 is 0 Å². The van der Waals surface area contributed by atoms with Crippen molar-refractivity contribution in [2.75, 3.05) is 0 Å².